The predicted molar refractivity (Wildman–Crippen MR) is 101 cm³/mol. The molecule has 1 aromatic carbocycles. The Morgan fingerprint density at radius 2 is 1.96 bits per heavy atom. The number of piperidine rings is 1. The first kappa shape index (κ1) is 21.3. The highest BCUT2D eigenvalue weighted by Gasteiger charge is 2.47. The highest BCUT2D eigenvalue weighted by atomic mass is 35.5. The minimum atomic E-state index is -0.887. The summed E-state index contributed by atoms with van der Waals surface area (Å²) in [6.45, 7) is 1.91. The fourth-order valence-electron chi connectivity index (χ4n) is 3.36. The van der Waals surface area contributed by atoms with E-state index in [1.807, 2.05) is 30.3 Å². The number of carbonyl (C=O) groups excluding carboxylic acids is 2. The third-order valence-corrected chi connectivity index (χ3v) is 4.91. The second kappa shape index (κ2) is 9.25. The first-order chi connectivity index (χ1) is 12.5. The lowest BCUT2D eigenvalue weighted by atomic mass is 9.91. The van der Waals surface area contributed by atoms with E-state index in [4.69, 9.17) is 20.3 Å². The molecule has 2 aliphatic heterocycles. The van der Waals surface area contributed by atoms with E-state index >= 15 is 0 Å². The van der Waals surface area contributed by atoms with Crippen molar-refractivity contribution < 1.29 is 24.2 Å². The summed E-state index contributed by atoms with van der Waals surface area (Å²) in [4.78, 5) is 27.5. The van der Waals surface area contributed by atoms with E-state index in [1.165, 1.54) is 0 Å². The number of nitrogens with zero attached hydrogens (tertiary/aromatic N) is 2. The maximum absolute atomic E-state index is 12.2. The standard InChI is InChI=1S/C18H25N3O5.ClH/c19-15(12-22)16(23)20-8-6-18(7-9-20)13-21(17(24)26-18)10-11-25-14-4-2-1-3-5-14;/h1-5,15,22H,6-13,19H2;1H/t15-;/m0./s1. The third-order valence-electron chi connectivity index (χ3n) is 4.91. The lowest BCUT2D eigenvalue weighted by Crippen LogP contribution is -2.53. The van der Waals surface area contributed by atoms with Gasteiger partial charge in [0.05, 0.1) is 19.7 Å². The van der Waals surface area contributed by atoms with E-state index in [1.54, 1.807) is 9.80 Å². The van der Waals surface area contributed by atoms with Crippen molar-refractivity contribution in [1.82, 2.24) is 9.80 Å². The molecule has 0 unspecified atom stereocenters. The maximum Gasteiger partial charge on any atom is 0.410 e. The monoisotopic (exact) mass is 399 g/mol. The topological polar surface area (TPSA) is 105 Å². The molecule has 0 aliphatic carbocycles. The molecule has 1 atom stereocenters. The number of aliphatic hydroxyl groups excluding tert-OH is 1. The van der Waals surface area contributed by atoms with Gasteiger partial charge in [-0.1, -0.05) is 18.2 Å². The van der Waals surface area contributed by atoms with Gasteiger partial charge in [-0.2, -0.15) is 0 Å². The largest absolute Gasteiger partial charge is 0.492 e. The van der Waals surface area contributed by atoms with E-state index in [-0.39, 0.29) is 31.0 Å². The number of likely N-dealkylation sites (tertiary alicyclic amines) is 1. The molecule has 0 radical (unpaired) electrons. The van der Waals surface area contributed by atoms with Crippen LogP contribution in [-0.2, 0) is 9.53 Å². The Kier molecular flexibility index (Phi) is 7.29. The Labute approximate surface area is 164 Å². The zero-order chi connectivity index (χ0) is 18.6. The average Bonchev–Trinajstić information content (AvgIpc) is 2.97. The number of hydrogen-bond acceptors (Lipinski definition) is 6. The van der Waals surface area contributed by atoms with E-state index in [9.17, 15) is 9.59 Å². The van der Waals surface area contributed by atoms with Gasteiger partial charge in [0.25, 0.3) is 0 Å². The van der Waals surface area contributed by atoms with Crippen LogP contribution in [0.4, 0.5) is 4.79 Å². The van der Waals surface area contributed by atoms with Crippen LogP contribution in [0.15, 0.2) is 30.3 Å². The fourth-order valence-corrected chi connectivity index (χ4v) is 3.36. The van der Waals surface area contributed by atoms with Gasteiger partial charge in [0.2, 0.25) is 5.91 Å². The minimum Gasteiger partial charge on any atom is -0.492 e. The van der Waals surface area contributed by atoms with Crippen molar-refractivity contribution in [2.24, 2.45) is 5.73 Å². The summed E-state index contributed by atoms with van der Waals surface area (Å²) in [6.07, 6.45) is 0.797. The van der Waals surface area contributed by atoms with Crippen LogP contribution in [0.25, 0.3) is 0 Å². The van der Waals surface area contributed by atoms with Crippen molar-refractivity contribution in [2.45, 2.75) is 24.5 Å². The minimum absolute atomic E-state index is 0. The summed E-state index contributed by atoms with van der Waals surface area (Å²) in [5.41, 5.74) is 5.04. The van der Waals surface area contributed by atoms with Crippen molar-refractivity contribution >= 4 is 24.4 Å². The molecule has 2 fully saturated rings. The van der Waals surface area contributed by atoms with Gasteiger partial charge >= 0.3 is 6.09 Å². The number of amides is 2. The molecule has 2 heterocycles. The van der Waals surface area contributed by atoms with Gasteiger partial charge in [0.1, 0.15) is 24.0 Å². The van der Waals surface area contributed by atoms with Crippen molar-refractivity contribution in [3.05, 3.63) is 30.3 Å². The summed E-state index contributed by atoms with van der Waals surface area (Å²) in [5, 5.41) is 9.01. The summed E-state index contributed by atoms with van der Waals surface area (Å²) >= 11 is 0. The lowest BCUT2D eigenvalue weighted by molar-refractivity contribution is -0.136. The molecule has 2 saturated heterocycles. The fraction of sp³-hybridized carbons (Fsp3) is 0.556. The van der Waals surface area contributed by atoms with E-state index in [2.05, 4.69) is 0 Å². The molecule has 2 amide bonds. The molecule has 0 saturated carbocycles. The van der Waals surface area contributed by atoms with Gasteiger partial charge in [0, 0.05) is 25.9 Å². The quantitative estimate of drug-likeness (QED) is 0.726. The predicted octanol–water partition coefficient (Wildman–Crippen LogP) is 0.620. The second-order valence-corrected chi connectivity index (χ2v) is 6.75. The van der Waals surface area contributed by atoms with Crippen LogP contribution in [0.5, 0.6) is 5.75 Å². The second-order valence-electron chi connectivity index (χ2n) is 6.75. The zero-order valence-electron chi connectivity index (χ0n) is 15.1. The molecule has 0 bridgehead atoms. The number of nitrogens with two attached hydrogens (primary N) is 1. The van der Waals surface area contributed by atoms with Crippen LogP contribution in [0.2, 0.25) is 0 Å². The molecule has 1 aromatic rings. The summed E-state index contributed by atoms with van der Waals surface area (Å²) in [6, 6.07) is 8.56. The van der Waals surface area contributed by atoms with E-state index in [0.717, 1.165) is 5.75 Å². The number of benzene rings is 1. The zero-order valence-corrected chi connectivity index (χ0v) is 15.9. The Morgan fingerprint density at radius 1 is 1.30 bits per heavy atom. The number of carbonyl (C=O) groups is 2. The van der Waals surface area contributed by atoms with Crippen LogP contribution < -0.4 is 10.5 Å². The molecular formula is C18H26ClN3O5. The molecule has 0 aromatic heterocycles. The van der Waals surface area contributed by atoms with E-state index in [0.29, 0.717) is 45.6 Å². The molecule has 3 rings (SSSR count). The molecular weight excluding hydrogens is 374 g/mol. The Morgan fingerprint density at radius 3 is 2.59 bits per heavy atom. The van der Waals surface area contributed by atoms with Crippen LogP contribution in [0, 0.1) is 0 Å². The molecule has 1 spiro atoms. The number of hydrogen-bond donors (Lipinski definition) is 2. The van der Waals surface area contributed by atoms with Gasteiger partial charge in [-0.05, 0) is 12.1 Å². The van der Waals surface area contributed by atoms with Crippen LogP contribution >= 0.6 is 12.4 Å². The summed E-state index contributed by atoms with van der Waals surface area (Å²) in [7, 11) is 0. The van der Waals surface area contributed by atoms with Gasteiger partial charge in [-0.15, -0.1) is 12.4 Å². The summed E-state index contributed by atoms with van der Waals surface area (Å²) in [5.74, 6) is 0.501. The number of ether oxygens (including phenoxy) is 2. The number of aliphatic hydroxyl groups is 1. The SMILES string of the molecule is Cl.N[C@@H](CO)C(=O)N1CCC2(CC1)CN(CCOc1ccccc1)C(=O)O2. The molecule has 9 heteroatoms. The van der Waals surface area contributed by atoms with Gasteiger partial charge < -0.3 is 30.1 Å². The molecule has 2 aliphatic rings. The van der Waals surface area contributed by atoms with Gasteiger partial charge in [-0.3, -0.25) is 4.79 Å². The first-order valence-electron chi connectivity index (χ1n) is 8.84. The van der Waals surface area contributed by atoms with E-state index < -0.39 is 11.6 Å². The van der Waals surface area contributed by atoms with Gasteiger partial charge in [-0.25, -0.2) is 4.79 Å². The summed E-state index contributed by atoms with van der Waals surface area (Å²) < 4.78 is 11.3. The Bertz CT molecular complexity index is 637. The molecule has 8 nitrogen and oxygen atoms in total. The maximum atomic E-state index is 12.2. The smallest absolute Gasteiger partial charge is 0.410 e. The number of halogens is 1. The Hall–Kier alpha value is -2.03. The average molecular weight is 400 g/mol. The highest BCUT2D eigenvalue weighted by molar-refractivity contribution is 5.85. The lowest BCUT2D eigenvalue weighted by Gasteiger charge is -2.38. The Balaban J connectivity index is 0.00000261. The molecule has 3 N–H and O–H groups in total. The van der Waals surface area contributed by atoms with Crippen LogP contribution in [-0.4, -0.2) is 77.9 Å². The van der Waals surface area contributed by atoms with Crippen molar-refractivity contribution in [2.75, 3.05) is 39.4 Å². The van der Waals surface area contributed by atoms with Crippen molar-refractivity contribution in [3.63, 3.8) is 0 Å². The number of rotatable bonds is 6. The third kappa shape index (κ3) is 5.03. The van der Waals surface area contributed by atoms with Crippen LogP contribution in [0.1, 0.15) is 12.8 Å². The normalized spacial score (nSPS) is 19.4. The number of para-hydroxylation sites is 1. The van der Waals surface area contributed by atoms with Crippen LogP contribution in [0.3, 0.4) is 0 Å². The van der Waals surface area contributed by atoms with Gasteiger partial charge in [0.15, 0.2) is 0 Å². The van der Waals surface area contributed by atoms with Crippen molar-refractivity contribution in [3.8, 4) is 5.75 Å². The highest BCUT2D eigenvalue weighted by Crippen LogP contribution is 2.33. The van der Waals surface area contributed by atoms with Crippen molar-refractivity contribution in [1.29, 1.82) is 0 Å². The molecule has 27 heavy (non-hydrogen) atoms. The molecule has 150 valence electrons. The first-order valence-corrected chi connectivity index (χ1v) is 8.84.